The fraction of sp³-hybridized carbons (Fsp3) is 1.00. The Morgan fingerprint density at radius 3 is 1.78 bits per heavy atom. The summed E-state index contributed by atoms with van der Waals surface area (Å²) in [6, 6.07) is 0. The molecule has 0 unspecified atom stereocenters. The average molecular weight is 170 g/mol. The molecule has 0 radical (unpaired) electrons. The first-order chi connectivity index (χ1) is 4.41. The molecule has 0 rings (SSSR count). The summed E-state index contributed by atoms with van der Waals surface area (Å²) in [7, 11) is 0. The molecule has 0 aliphatic rings. The van der Waals surface area contributed by atoms with Crippen molar-refractivity contribution in [3.63, 3.8) is 0 Å². The lowest BCUT2D eigenvalue weighted by Crippen LogP contribution is -2.00. The van der Waals surface area contributed by atoms with Gasteiger partial charge in [-0.05, 0) is 24.1 Å². The fourth-order valence-electron chi connectivity index (χ4n) is 0.294. The molecule has 0 saturated carbocycles. The standard InChI is InChI=1S/C4H10O3S2/c5-8-3-1-7-2-4-9-6/h5-6H,1-4H2. The van der Waals surface area contributed by atoms with Gasteiger partial charge in [0.15, 0.2) is 0 Å². The molecule has 2 N–H and O–H groups in total. The Morgan fingerprint density at radius 2 is 1.44 bits per heavy atom. The lowest BCUT2D eigenvalue weighted by Gasteiger charge is -1.97. The molecule has 0 saturated heterocycles. The van der Waals surface area contributed by atoms with E-state index >= 15 is 0 Å². The van der Waals surface area contributed by atoms with Gasteiger partial charge in [0.1, 0.15) is 0 Å². The van der Waals surface area contributed by atoms with Crippen molar-refractivity contribution in [1.82, 2.24) is 0 Å². The first-order valence-electron chi connectivity index (χ1n) is 2.52. The van der Waals surface area contributed by atoms with E-state index in [1.807, 2.05) is 0 Å². The topological polar surface area (TPSA) is 49.7 Å². The third-order valence-corrected chi connectivity index (χ3v) is 1.34. The van der Waals surface area contributed by atoms with Crippen LogP contribution in [0.3, 0.4) is 0 Å². The molecule has 0 aliphatic heterocycles. The van der Waals surface area contributed by atoms with Crippen LogP contribution in [0.5, 0.6) is 0 Å². The lowest BCUT2D eigenvalue weighted by molar-refractivity contribution is 0.166. The van der Waals surface area contributed by atoms with Crippen LogP contribution in [0.15, 0.2) is 0 Å². The van der Waals surface area contributed by atoms with E-state index in [1.54, 1.807) is 0 Å². The van der Waals surface area contributed by atoms with Gasteiger partial charge in [0, 0.05) is 11.5 Å². The lowest BCUT2D eigenvalue weighted by atomic mass is 10.8. The molecule has 0 aliphatic carbocycles. The Morgan fingerprint density at radius 1 is 1.00 bits per heavy atom. The van der Waals surface area contributed by atoms with Crippen LogP contribution in [-0.2, 0) is 4.74 Å². The SMILES string of the molecule is OSCCOCCSO. The van der Waals surface area contributed by atoms with Gasteiger partial charge in [0.25, 0.3) is 0 Å². The van der Waals surface area contributed by atoms with Crippen LogP contribution in [0.25, 0.3) is 0 Å². The zero-order valence-electron chi connectivity index (χ0n) is 4.95. The molecule has 0 aromatic carbocycles. The van der Waals surface area contributed by atoms with Crippen LogP contribution in [0.1, 0.15) is 0 Å². The van der Waals surface area contributed by atoms with Gasteiger partial charge in [-0.2, -0.15) is 0 Å². The zero-order chi connectivity index (χ0) is 6.95. The van der Waals surface area contributed by atoms with Crippen molar-refractivity contribution in [2.75, 3.05) is 24.7 Å². The van der Waals surface area contributed by atoms with Gasteiger partial charge in [-0.25, -0.2) is 0 Å². The molecular weight excluding hydrogens is 160 g/mol. The Bertz CT molecular complexity index is 47.1. The summed E-state index contributed by atoms with van der Waals surface area (Å²) in [5, 5.41) is 0. The molecule has 56 valence electrons. The van der Waals surface area contributed by atoms with Crippen molar-refractivity contribution in [2.24, 2.45) is 0 Å². The van der Waals surface area contributed by atoms with Gasteiger partial charge >= 0.3 is 0 Å². The molecule has 0 bridgehead atoms. The van der Waals surface area contributed by atoms with Gasteiger partial charge in [0.05, 0.1) is 13.2 Å². The second kappa shape index (κ2) is 8.58. The Balaban J connectivity index is 2.60. The molecule has 0 heterocycles. The second-order valence-corrected chi connectivity index (χ2v) is 2.61. The summed E-state index contributed by atoms with van der Waals surface area (Å²) in [6.07, 6.45) is 0. The molecule has 5 heteroatoms. The van der Waals surface area contributed by atoms with Crippen LogP contribution in [0.2, 0.25) is 0 Å². The fourth-order valence-corrected chi connectivity index (χ4v) is 0.679. The van der Waals surface area contributed by atoms with Crippen LogP contribution in [0.4, 0.5) is 0 Å². The molecule has 0 aromatic heterocycles. The molecule has 0 spiro atoms. The minimum Gasteiger partial charge on any atom is -0.380 e. The molecule has 9 heavy (non-hydrogen) atoms. The van der Waals surface area contributed by atoms with Crippen molar-refractivity contribution in [1.29, 1.82) is 0 Å². The summed E-state index contributed by atoms with van der Waals surface area (Å²) < 4.78 is 21.4. The van der Waals surface area contributed by atoms with Crippen molar-refractivity contribution in [2.45, 2.75) is 0 Å². The third kappa shape index (κ3) is 8.58. The summed E-state index contributed by atoms with van der Waals surface area (Å²) in [6.45, 7) is 1.09. The quantitative estimate of drug-likeness (QED) is 0.466. The van der Waals surface area contributed by atoms with Crippen LogP contribution >= 0.6 is 24.1 Å². The number of ether oxygens (including phenoxy) is 1. The molecule has 0 atom stereocenters. The predicted octanol–water partition coefficient (Wildman–Crippen LogP) is 1.42. The van der Waals surface area contributed by atoms with E-state index in [4.69, 9.17) is 13.8 Å². The van der Waals surface area contributed by atoms with E-state index in [9.17, 15) is 0 Å². The molecule has 0 aromatic rings. The maximum Gasteiger partial charge on any atom is 0.0579 e. The van der Waals surface area contributed by atoms with E-state index in [2.05, 4.69) is 0 Å². The summed E-state index contributed by atoms with van der Waals surface area (Å²) >= 11 is 1.53. The Hall–Kier alpha value is 0.580. The highest BCUT2D eigenvalue weighted by molar-refractivity contribution is 7.93. The van der Waals surface area contributed by atoms with E-state index in [0.717, 1.165) is 24.1 Å². The van der Waals surface area contributed by atoms with Gasteiger partial charge in [-0.3, -0.25) is 0 Å². The van der Waals surface area contributed by atoms with E-state index < -0.39 is 0 Å². The Kier molecular flexibility index (Phi) is 9.13. The highest BCUT2D eigenvalue weighted by Crippen LogP contribution is 1.92. The number of hydrogen-bond donors (Lipinski definition) is 2. The number of rotatable bonds is 6. The van der Waals surface area contributed by atoms with Gasteiger partial charge < -0.3 is 13.8 Å². The largest absolute Gasteiger partial charge is 0.380 e. The van der Waals surface area contributed by atoms with E-state index in [1.165, 1.54) is 0 Å². The molecule has 0 fully saturated rings. The van der Waals surface area contributed by atoms with Crippen molar-refractivity contribution in [3.8, 4) is 0 Å². The predicted molar refractivity (Wildman–Crippen MR) is 41.0 cm³/mol. The minimum atomic E-state index is 0.543. The van der Waals surface area contributed by atoms with E-state index in [-0.39, 0.29) is 0 Å². The molecule has 0 amide bonds. The smallest absolute Gasteiger partial charge is 0.0579 e. The maximum absolute atomic E-state index is 8.20. The average Bonchev–Trinajstić information content (AvgIpc) is 1.89. The molecular formula is C4H10O3S2. The normalized spacial score (nSPS) is 10.0. The summed E-state index contributed by atoms with van der Waals surface area (Å²) in [5.74, 6) is 1.19. The summed E-state index contributed by atoms with van der Waals surface area (Å²) in [5.41, 5.74) is 0. The van der Waals surface area contributed by atoms with Crippen LogP contribution in [0, 0.1) is 0 Å². The number of hydrogen-bond acceptors (Lipinski definition) is 5. The van der Waals surface area contributed by atoms with E-state index in [0.29, 0.717) is 24.7 Å². The first kappa shape index (κ1) is 9.58. The highest BCUT2D eigenvalue weighted by Gasteiger charge is 1.86. The van der Waals surface area contributed by atoms with Crippen molar-refractivity contribution < 1.29 is 13.8 Å². The second-order valence-electron chi connectivity index (χ2n) is 1.28. The van der Waals surface area contributed by atoms with Gasteiger partial charge in [-0.1, -0.05) is 0 Å². The summed E-state index contributed by atoms with van der Waals surface area (Å²) in [4.78, 5) is 0. The highest BCUT2D eigenvalue weighted by atomic mass is 32.2. The van der Waals surface area contributed by atoms with Crippen molar-refractivity contribution >= 4 is 24.1 Å². The van der Waals surface area contributed by atoms with Crippen LogP contribution in [-0.4, -0.2) is 33.8 Å². The van der Waals surface area contributed by atoms with Crippen LogP contribution < -0.4 is 0 Å². The third-order valence-electron chi connectivity index (χ3n) is 0.638. The maximum atomic E-state index is 8.20. The zero-order valence-corrected chi connectivity index (χ0v) is 6.58. The van der Waals surface area contributed by atoms with Crippen molar-refractivity contribution in [3.05, 3.63) is 0 Å². The first-order valence-corrected chi connectivity index (χ1v) is 4.40. The van der Waals surface area contributed by atoms with Gasteiger partial charge in [0.2, 0.25) is 0 Å². The van der Waals surface area contributed by atoms with Gasteiger partial charge in [-0.15, -0.1) is 0 Å². The monoisotopic (exact) mass is 170 g/mol. The minimum absolute atomic E-state index is 0.543. The Labute approximate surface area is 63.2 Å². The molecule has 3 nitrogen and oxygen atoms in total.